The van der Waals surface area contributed by atoms with Crippen molar-refractivity contribution < 1.29 is 13.3 Å². The Balaban J connectivity index is 1.30. The number of hydrogen-bond donors (Lipinski definition) is 0. The van der Waals surface area contributed by atoms with E-state index in [0.29, 0.717) is 0 Å². The Hall–Kier alpha value is -5.80. The van der Waals surface area contributed by atoms with E-state index in [1.165, 1.54) is 38.2 Å². The zero-order chi connectivity index (χ0) is 28.1. The van der Waals surface area contributed by atoms with Gasteiger partial charge < -0.3 is 13.3 Å². The molecule has 3 heterocycles. The minimum atomic E-state index is 0.867. The summed E-state index contributed by atoms with van der Waals surface area (Å²) in [5.41, 5.74) is 9.14. The van der Waals surface area contributed by atoms with E-state index in [4.69, 9.17) is 13.3 Å². The Morgan fingerprint density at radius 3 is 1.81 bits per heavy atom. The first-order valence-corrected chi connectivity index (χ1v) is 14.5. The van der Waals surface area contributed by atoms with Gasteiger partial charge in [-0.2, -0.15) is 0 Å². The molecule has 0 atom stereocenters. The smallest absolute Gasteiger partial charge is 0.136 e. The minimum absolute atomic E-state index is 0.867. The van der Waals surface area contributed by atoms with Gasteiger partial charge in [0.15, 0.2) is 0 Å². The molecule has 0 spiro atoms. The van der Waals surface area contributed by atoms with Gasteiger partial charge in [0.05, 0.1) is 6.26 Å². The van der Waals surface area contributed by atoms with Crippen molar-refractivity contribution >= 4 is 76.4 Å². The van der Waals surface area contributed by atoms with E-state index in [0.717, 1.165) is 60.4 Å². The fraction of sp³-hybridized carbons (Fsp3) is 0. The number of benzene rings is 7. The van der Waals surface area contributed by atoms with Gasteiger partial charge in [-0.3, -0.25) is 0 Å². The lowest BCUT2D eigenvalue weighted by Crippen LogP contribution is -1.91. The molecular formula is C40H22O3. The second-order valence-electron chi connectivity index (χ2n) is 11.2. The lowest BCUT2D eigenvalue weighted by Gasteiger charge is -2.18. The summed E-state index contributed by atoms with van der Waals surface area (Å²) in [5.74, 6) is 0. The zero-order valence-corrected chi connectivity index (χ0v) is 22.9. The first-order valence-electron chi connectivity index (χ1n) is 14.5. The van der Waals surface area contributed by atoms with Gasteiger partial charge in [-0.05, 0) is 86.3 Å². The fourth-order valence-electron chi connectivity index (χ4n) is 7.10. The van der Waals surface area contributed by atoms with Crippen LogP contribution >= 0.6 is 0 Å². The summed E-state index contributed by atoms with van der Waals surface area (Å²) in [6.07, 6.45) is 1.72. The Bertz CT molecular complexity index is 2680. The van der Waals surface area contributed by atoms with Gasteiger partial charge in [-0.15, -0.1) is 0 Å². The Morgan fingerprint density at radius 2 is 1.02 bits per heavy atom. The van der Waals surface area contributed by atoms with Crippen LogP contribution in [0.5, 0.6) is 0 Å². The summed E-state index contributed by atoms with van der Waals surface area (Å²) in [5, 5.41) is 10.3. The summed E-state index contributed by atoms with van der Waals surface area (Å²) in [7, 11) is 0. The van der Waals surface area contributed by atoms with Crippen LogP contribution in [0.1, 0.15) is 0 Å². The van der Waals surface area contributed by atoms with Gasteiger partial charge in [-0.25, -0.2) is 0 Å². The third-order valence-electron chi connectivity index (χ3n) is 8.94. The Kier molecular flexibility index (Phi) is 4.45. The van der Waals surface area contributed by atoms with Crippen LogP contribution < -0.4 is 0 Å². The molecule has 10 aromatic rings. The number of fused-ring (bicyclic) bond motifs is 9. The van der Waals surface area contributed by atoms with E-state index < -0.39 is 0 Å². The molecule has 0 aliphatic rings. The molecule has 0 radical (unpaired) electrons. The second-order valence-corrected chi connectivity index (χ2v) is 11.2. The van der Waals surface area contributed by atoms with Gasteiger partial charge in [0.25, 0.3) is 0 Å². The maximum atomic E-state index is 6.44. The molecule has 3 nitrogen and oxygen atoms in total. The van der Waals surface area contributed by atoms with E-state index in [2.05, 4.69) is 109 Å². The standard InChI is InChI=1S/C40H22O3/c1-3-10-28-26(8-1)38(24-16-17-25-32-22-35-23(18-19-41-35)20-37(32)43-36(25)21-24)27-9-2-4-11-29(27)39(28)31-13-7-15-34-40(31)30-12-5-6-14-33(30)42-34/h1-22H. The molecule has 0 aliphatic heterocycles. The molecule has 0 N–H and O–H groups in total. The largest absolute Gasteiger partial charge is 0.464 e. The summed E-state index contributed by atoms with van der Waals surface area (Å²) in [4.78, 5) is 0. The summed E-state index contributed by atoms with van der Waals surface area (Å²) in [6.45, 7) is 0. The SMILES string of the molecule is c1ccc2c(c1)oc1cccc(-c3c4ccccc4c(-c4ccc5c(c4)oc4cc6ccoc6cc45)c4ccccc34)c12. The summed E-state index contributed by atoms with van der Waals surface area (Å²) >= 11 is 0. The first kappa shape index (κ1) is 22.8. The molecule has 0 bridgehead atoms. The maximum Gasteiger partial charge on any atom is 0.136 e. The Labute approximate surface area is 245 Å². The van der Waals surface area contributed by atoms with E-state index >= 15 is 0 Å². The molecule has 3 heteroatoms. The normalized spacial score (nSPS) is 12.2. The van der Waals surface area contributed by atoms with Crippen molar-refractivity contribution in [3.8, 4) is 22.3 Å². The van der Waals surface area contributed by atoms with Crippen LogP contribution in [-0.4, -0.2) is 0 Å². The molecule has 0 amide bonds. The van der Waals surface area contributed by atoms with Crippen molar-refractivity contribution in [1.29, 1.82) is 0 Å². The lowest BCUT2D eigenvalue weighted by molar-refractivity contribution is 0.616. The number of furan rings is 3. The molecular weight excluding hydrogens is 528 g/mol. The number of rotatable bonds is 2. The molecule has 0 fully saturated rings. The third kappa shape index (κ3) is 3.14. The van der Waals surface area contributed by atoms with Crippen molar-refractivity contribution in [2.24, 2.45) is 0 Å². The first-order chi connectivity index (χ1) is 21.3. The van der Waals surface area contributed by atoms with Crippen LogP contribution in [0.2, 0.25) is 0 Å². The van der Waals surface area contributed by atoms with E-state index in [1.54, 1.807) is 6.26 Å². The van der Waals surface area contributed by atoms with Crippen LogP contribution in [-0.2, 0) is 0 Å². The molecule has 0 aliphatic carbocycles. The van der Waals surface area contributed by atoms with Crippen molar-refractivity contribution in [3.05, 3.63) is 134 Å². The topological polar surface area (TPSA) is 39.4 Å². The van der Waals surface area contributed by atoms with Gasteiger partial charge in [0, 0.05) is 26.9 Å². The molecule has 0 saturated heterocycles. The van der Waals surface area contributed by atoms with Crippen LogP contribution in [0.4, 0.5) is 0 Å². The van der Waals surface area contributed by atoms with Gasteiger partial charge in [-0.1, -0.05) is 84.9 Å². The van der Waals surface area contributed by atoms with Gasteiger partial charge in [0.1, 0.15) is 27.9 Å². The van der Waals surface area contributed by atoms with Gasteiger partial charge in [0.2, 0.25) is 0 Å². The monoisotopic (exact) mass is 550 g/mol. The van der Waals surface area contributed by atoms with Crippen LogP contribution in [0.25, 0.3) is 98.6 Å². The Morgan fingerprint density at radius 1 is 0.372 bits per heavy atom. The molecule has 3 aromatic heterocycles. The second kappa shape index (κ2) is 8.37. The van der Waals surface area contributed by atoms with Crippen LogP contribution in [0.3, 0.4) is 0 Å². The average molecular weight is 551 g/mol. The highest BCUT2D eigenvalue weighted by Crippen LogP contribution is 2.47. The van der Waals surface area contributed by atoms with E-state index in [9.17, 15) is 0 Å². The third-order valence-corrected chi connectivity index (χ3v) is 8.94. The zero-order valence-electron chi connectivity index (χ0n) is 22.9. The fourth-order valence-corrected chi connectivity index (χ4v) is 7.10. The van der Waals surface area contributed by atoms with Crippen molar-refractivity contribution in [2.75, 3.05) is 0 Å². The van der Waals surface area contributed by atoms with Crippen molar-refractivity contribution in [2.45, 2.75) is 0 Å². The van der Waals surface area contributed by atoms with Crippen molar-refractivity contribution in [3.63, 3.8) is 0 Å². The molecule has 200 valence electrons. The van der Waals surface area contributed by atoms with E-state index in [1.807, 2.05) is 18.2 Å². The number of para-hydroxylation sites is 1. The highest BCUT2D eigenvalue weighted by Gasteiger charge is 2.20. The maximum absolute atomic E-state index is 6.44. The quantitative estimate of drug-likeness (QED) is 0.201. The average Bonchev–Trinajstić information content (AvgIpc) is 3.76. The summed E-state index contributed by atoms with van der Waals surface area (Å²) < 4.78 is 18.4. The number of hydrogen-bond acceptors (Lipinski definition) is 3. The lowest BCUT2D eigenvalue weighted by atomic mass is 9.85. The highest BCUT2D eigenvalue weighted by molar-refractivity contribution is 6.26. The van der Waals surface area contributed by atoms with Crippen LogP contribution in [0, 0.1) is 0 Å². The highest BCUT2D eigenvalue weighted by atomic mass is 16.3. The molecule has 43 heavy (non-hydrogen) atoms. The minimum Gasteiger partial charge on any atom is -0.464 e. The summed E-state index contributed by atoms with van der Waals surface area (Å²) in [6, 6.07) is 44.9. The van der Waals surface area contributed by atoms with Crippen LogP contribution in [0.15, 0.2) is 147 Å². The molecule has 0 unspecified atom stereocenters. The molecule has 10 rings (SSSR count). The predicted molar refractivity (Wildman–Crippen MR) is 177 cm³/mol. The molecule has 0 saturated carbocycles. The van der Waals surface area contributed by atoms with Crippen molar-refractivity contribution in [1.82, 2.24) is 0 Å². The molecule has 7 aromatic carbocycles. The van der Waals surface area contributed by atoms with Gasteiger partial charge >= 0.3 is 0 Å². The van der Waals surface area contributed by atoms with E-state index in [-0.39, 0.29) is 0 Å². The predicted octanol–water partition coefficient (Wildman–Crippen LogP) is 11.9.